The molecule has 0 spiro atoms. The van der Waals surface area contributed by atoms with Crippen molar-refractivity contribution in [1.82, 2.24) is 0 Å². The first kappa shape index (κ1) is 18.8. The molecule has 0 aliphatic carbocycles. The molecule has 1 aliphatic heterocycles. The smallest absolute Gasteiger partial charge is 0.113 e. The van der Waals surface area contributed by atoms with Crippen LogP contribution in [0, 0.1) is 6.92 Å². The number of benzene rings is 1. The minimum Gasteiger partial charge on any atom is -0.394 e. The molecule has 1 aliphatic rings. The third kappa shape index (κ3) is 3.90. The van der Waals surface area contributed by atoms with Gasteiger partial charge in [0.05, 0.1) is 10.9 Å². The Hall–Kier alpha value is -0.990. The average molecular weight is 385 g/mol. The Morgan fingerprint density at radius 1 is 1.08 bits per heavy atom. The van der Waals surface area contributed by atoms with Crippen molar-refractivity contribution in [2.24, 2.45) is 0 Å². The summed E-state index contributed by atoms with van der Waals surface area (Å²) in [6.07, 6.45) is -5.03. The van der Waals surface area contributed by atoms with Gasteiger partial charge in [0.25, 0.3) is 0 Å². The highest BCUT2D eigenvalue weighted by atomic mass is 35.5. The quantitative estimate of drug-likeness (QED) is 0.645. The third-order valence-electron chi connectivity index (χ3n) is 4.59. The Morgan fingerprint density at radius 2 is 1.84 bits per heavy atom. The van der Waals surface area contributed by atoms with E-state index in [9.17, 15) is 20.4 Å². The van der Waals surface area contributed by atoms with Crippen LogP contribution in [0.3, 0.4) is 0 Å². The van der Waals surface area contributed by atoms with Crippen LogP contribution in [-0.4, -0.2) is 51.4 Å². The van der Waals surface area contributed by atoms with Crippen molar-refractivity contribution in [2.45, 2.75) is 43.9 Å². The van der Waals surface area contributed by atoms with E-state index in [1.807, 2.05) is 37.3 Å². The standard InChI is InChI=1S/C18H21ClO5S/c1-9-2-3-10(6-11(9)7-12-4-5-14(19)25-12)18-17(23)16(22)15(21)13(8-20)24-18/h2-6,13,15-18,20-23H,7-8H2,1H3/t13-,15-,16+,17-,18?/m1/s1. The van der Waals surface area contributed by atoms with E-state index in [-0.39, 0.29) is 0 Å². The maximum atomic E-state index is 10.3. The fourth-order valence-corrected chi connectivity index (χ4v) is 4.18. The molecule has 0 amide bonds. The van der Waals surface area contributed by atoms with Crippen LogP contribution in [0.25, 0.3) is 0 Å². The normalized spacial score (nSPS) is 29.8. The first-order chi connectivity index (χ1) is 11.9. The summed E-state index contributed by atoms with van der Waals surface area (Å²) < 4.78 is 6.37. The number of rotatable bonds is 4. The molecule has 2 heterocycles. The lowest BCUT2D eigenvalue weighted by molar-refractivity contribution is -0.231. The molecular weight excluding hydrogens is 364 g/mol. The van der Waals surface area contributed by atoms with Crippen molar-refractivity contribution < 1.29 is 25.2 Å². The molecule has 4 N–H and O–H groups in total. The molecule has 5 nitrogen and oxygen atoms in total. The molecule has 0 saturated carbocycles. The first-order valence-corrected chi connectivity index (χ1v) is 9.24. The summed E-state index contributed by atoms with van der Waals surface area (Å²) in [6, 6.07) is 9.52. The topological polar surface area (TPSA) is 90.2 Å². The van der Waals surface area contributed by atoms with E-state index >= 15 is 0 Å². The number of aryl methyl sites for hydroxylation is 1. The summed E-state index contributed by atoms with van der Waals surface area (Å²) in [5.41, 5.74) is 2.85. The van der Waals surface area contributed by atoms with Crippen molar-refractivity contribution in [3.05, 3.63) is 56.2 Å². The van der Waals surface area contributed by atoms with Crippen molar-refractivity contribution >= 4 is 22.9 Å². The van der Waals surface area contributed by atoms with Gasteiger partial charge in [-0.3, -0.25) is 0 Å². The molecule has 1 unspecified atom stereocenters. The zero-order valence-corrected chi connectivity index (χ0v) is 15.2. The van der Waals surface area contributed by atoms with Crippen LogP contribution in [0.4, 0.5) is 0 Å². The van der Waals surface area contributed by atoms with Gasteiger partial charge in [-0.15, -0.1) is 11.3 Å². The number of aliphatic hydroxyl groups excluding tert-OH is 4. The van der Waals surface area contributed by atoms with Crippen LogP contribution in [-0.2, 0) is 11.2 Å². The Kier molecular flexibility index (Phi) is 5.80. The molecule has 1 aromatic heterocycles. The van der Waals surface area contributed by atoms with Crippen molar-refractivity contribution in [1.29, 1.82) is 0 Å². The van der Waals surface area contributed by atoms with Crippen molar-refractivity contribution in [3.63, 3.8) is 0 Å². The Labute approximate surface area is 155 Å². The van der Waals surface area contributed by atoms with E-state index in [1.54, 1.807) is 0 Å². The number of halogens is 1. The highest BCUT2D eigenvalue weighted by Gasteiger charge is 2.43. The van der Waals surface area contributed by atoms with Crippen LogP contribution < -0.4 is 0 Å². The van der Waals surface area contributed by atoms with Gasteiger partial charge in [-0.05, 0) is 35.7 Å². The van der Waals surface area contributed by atoms with Crippen LogP contribution in [0.5, 0.6) is 0 Å². The zero-order valence-electron chi connectivity index (χ0n) is 13.7. The molecular formula is C18H21ClO5S. The van der Waals surface area contributed by atoms with E-state index < -0.39 is 37.1 Å². The molecule has 1 fully saturated rings. The van der Waals surface area contributed by atoms with E-state index in [0.717, 1.165) is 20.3 Å². The molecule has 1 aromatic carbocycles. The van der Waals surface area contributed by atoms with Gasteiger partial charge < -0.3 is 25.2 Å². The van der Waals surface area contributed by atoms with E-state index in [4.69, 9.17) is 16.3 Å². The van der Waals surface area contributed by atoms with E-state index in [2.05, 4.69) is 0 Å². The van der Waals surface area contributed by atoms with Crippen molar-refractivity contribution in [3.8, 4) is 0 Å². The first-order valence-electron chi connectivity index (χ1n) is 8.05. The van der Waals surface area contributed by atoms with Crippen LogP contribution in [0.1, 0.15) is 27.7 Å². The van der Waals surface area contributed by atoms with Gasteiger partial charge in [0.15, 0.2) is 0 Å². The summed E-state index contributed by atoms with van der Waals surface area (Å²) in [7, 11) is 0. The number of hydrogen-bond donors (Lipinski definition) is 4. The SMILES string of the molecule is Cc1ccc(C2O[C@H](CO)[C@@H](O)[C@H](O)[C@H]2O)cc1Cc1ccc(Cl)s1. The molecule has 136 valence electrons. The molecule has 7 heteroatoms. The summed E-state index contributed by atoms with van der Waals surface area (Å²) in [6.45, 7) is 1.56. The largest absolute Gasteiger partial charge is 0.394 e. The second-order valence-corrected chi connectivity index (χ2v) is 8.12. The predicted octanol–water partition coefficient (Wildman–Crippen LogP) is 1.82. The maximum Gasteiger partial charge on any atom is 0.113 e. The summed E-state index contributed by atoms with van der Waals surface area (Å²) >= 11 is 7.51. The van der Waals surface area contributed by atoms with E-state index in [1.165, 1.54) is 11.3 Å². The van der Waals surface area contributed by atoms with Crippen LogP contribution in [0.15, 0.2) is 30.3 Å². The summed E-state index contributed by atoms with van der Waals surface area (Å²) in [5, 5.41) is 39.5. The zero-order chi connectivity index (χ0) is 18.1. The molecule has 3 rings (SSSR count). The Morgan fingerprint density at radius 3 is 2.48 bits per heavy atom. The Bertz CT molecular complexity index is 732. The molecule has 1 saturated heterocycles. The monoisotopic (exact) mass is 384 g/mol. The summed E-state index contributed by atoms with van der Waals surface area (Å²) in [5.74, 6) is 0. The maximum absolute atomic E-state index is 10.3. The lowest BCUT2D eigenvalue weighted by Crippen LogP contribution is -2.55. The minimum atomic E-state index is -1.38. The van der Waals surface area contributed by atoms with Gasteiger partial charge in [0.1, 0.15) is 30.5 Å². The predicted molar refractivity (Wildman–Crippen MR) is 96.0 cm³/mol. The minimum absolute atomic E-state index is 0.437. The fourth-order valence-electron chi connectivity index (χ4n) is 3.07. The second-order valence-electron chi connectivity index (χ2n) is 6.32. The van der Waals surface area contributed by atoms with Crippen LogP contribution in [0.2, 0.25) is 4.34 Å². The van der Waals surface area contributed by atoms with Gasteiger partial charge in [0, 0.05) is 11.3 Å². The van der Waals surface area contributed by atoms with Gasteiger partial charge in [-0.25, -0.2) is 0 Å². The van der Waals surface area contributed by atoms with Gasteiger partial charge in [0.2, 0.25) is 0 Å². The number of hydrogen-bond acceptors (Lipinski definition) is 6. The Balaban J connectivity index is 1.88. The third-order valence-corrected chi connectivity index (χ3v) is 5.82. The molecule has 25 heavy (non-hydrogen) atoms. The van der Waals surface area contributed by atoms with Gasteiger partial charge in [-0.2, -0.15) is 0 Å². The molecule has 5 atom stereocenters. The van der Waals surface area contributed by atoms with Gasteiger partial charge >= 0.3 is 0 Å². The van der Waals surface area contributed by atoms with E-state index in [0.29, 0.717) is 12.0 Å². The van der Waals surface area contributed by atoms with Crippen molar-refractivity contribution in [2.75, 3.05) is 6.61 Å². The number of aliphatic hydroxyl groups is 4. The molecule has 2 aromatic rings. The molecule has 0 bridgehead atoms. The van der Waals surface area contributed by atoms with Gasteiger partial charge in [-0.1, -0.05) is 29.8 Å². The number of thiophene rings is 1. The highest BCUT2D eigenvalue weighted by Crippen LogP contribution is 2.34. The number of ether oxygens (including phenoxy) is 1. The second kappa shape index (κ2) is 7.72. The fraction of sp³-hybridized carbons (Fsp3) is 0.444. The highest BCUT2D eigenvalue weighted by molar-refractivity contribution is 7.16. The average Bonchev–Trinajstić information content (AvgIpc) is 3.00. The summed E-state index contributed by atoms with van der Waals surface area (Å²) in [4.78, 5) is 1.12. The lowest BCUT2D eigenvalue weighted by atomic mass is 9.89. The molecule has 0 radical (unpaired) electrons. The lowest BCUT2D eigenvalue weighted by Gasteiger charge is -2.40. The van der Waals surface area contributed by atoms with Crippen LogP contribution >= 0.6 is 22.9 Å².